The third kappa shape index (κ3) is 1.41. The molecule has 1 aliphatic rings. The molecule has 0 radical (unpaired) electrons. The fourth-order valence-electron chi connectivity index (χ4n) is 2.89. The maximum absolute atomic E-state index is 13.9. The summed E-state index contributed by atoms with van der Waals surface area (Å²) in [5.74, 6) is -0.198. The zero-order chi connectivity index (χ0) is 12.0. The van der Waals surface area contributed by atoms with Gasteiger partial charge in [-0.1, -0.05) is 12.1 Å². The maximum Gasteiger partial charge on any atom is 0.147 e. The van der Waals surface area contributed by atoms with Gasteiger partial charge in [-0.15, -0.1) is 0 Å². The second-order valence-electron chi connectivity index (χ2n) is 4.50. The quantitative estimate of drug-likeness (QED) is 0.784. The van der Waals surface area contributed by atoms with Crippen LogP contribution < -0.4 is 5.32 Å². The fraction of sp³-hybridized carbons (Fsp3) is 0.385. The summed E-state index contributed by atoms with van der Waals surface area (Å²) in [7, 11) is 1.86. The van der Waals surface area contributed by atoms with E-state index in [1.807, 2.05) is 17.7 Å². The molecule has 0 spiro atoms. The summed E-state index contributed by atoms with van der Waals surface area (Å²) in [6.45, 7) is 0.868. The molecule has 1 aliphatic heterocycles. The molecule has 3 nitrogen and oxygen atoms in total. The number of aromatic nitrogens is 1. The standard InChI is InChI=1S/C13H15FN2O/c1-16-12-8(3-2-4-10(12)14)9-5-6-15-11(7-17)13(9)16/h2-4,11,15,17H,5-7H2,1H3. The number of benzene rings is 1. The normalized spacial score (nSPS) is 19.6. The number of aliphatic hydroxyl groups is 1. The van der Waals surface area contributed by atoms with Crippen molar-refractivity contribution in [2.24, 2.45) is 7.05 Å². The van der Waals surface area contributed by atoms with Crippen LogP contribution in [0.25, 0.3) is 10.9 Å². The first kappa shape index (κ1) is 10.7. The number of hydrogen-bond donors (Lipinski definition) is 2. The van der Waals surface area contributed by atoms with Crippen LogP contribution in [0.1, 0.15) is 17.3 Å². The summed E-state index contributed by atoms with van der Waals surface area (Å²) in [6, 6.07) is 5.09. The van der Waals surface area contributed by atoms with Gasteiger partial charge in [0.15, 0.2) is 0 Å². The van der Waals surface area contributed by atoms with E-state index in [-0.39, 0.29) is 18.5 Å². The van der Waals surface area contributed by atoms with Crippen molar-refractivity contribution in [3.63, 3.8) is 0 Å². The fourth-order valence-corrected chi connectivity index (χ4v) is 2.89. The van der Waals surface area contributed by atoms with Gasteiger partial charge in [-0.3, -0.25) is 0 Å². The van der Waals surface area contributed by atoms with Gasteiger partial charge in [0, 0.05) is 18.1 Å². The third-order valence-electron chi connectivity index (χ3n) is 3.60. The molecule has 0 bridgehead atoms. The lowest BCUT2D eigenvalue weighted by atomic mass is 10.00. The van der Waals surface area contributed by atoms with E-state index in [9.17, 15) is 9.50 Å². The van der Waals surface area contributed by atoms with E-state index in [0.717, 1.165) is 24.0 Å². The molecule has 0 fully saturated rings. The van der Waals surface area contributed by atoms with Crippen LogP contribution in [0.3, 0.4) is 0 Å². The molecule has 1 atom stereocenters. The Labute approximate surface area is 98.9 Å². The minimum atomic E-state index is -0.198. The van der Waals surface area contributed by atoms with Crippen molar-refractivity contribution < 1.29 is 9.50 Å². The van der Waals surface area contributed by atoms with Crippen LogP contribution >= 0.6 is 0 Å². The maximum atomic E-state index is 13.9. The first-order valence-corrected chi connectivity index (χ1v) is 5.84. The van der Waals surface area contributed by atoms with E-state index in [4.69, 9.17) is 0 Å². The number of hydrogen-bond acceptors (Lipinski definition) is 2. The van der Waals surface area contributed by atoms with Gasteiger partial charge in [-0.05, 0) is 24.6 Å². The largest absolute Gasteiger partial charge is 0.394 e. The van der Waals surface area contributed by atoms with Gasteiger partial charge in [0.1, 0.15) is 5.82 Å². The molecule has 3 rings (SSSR count). The summed E-state index contributed by atoms with van der Waals surface area (Å²) in [6.07, 6.45) is 0.882. The van der Waals surface area contributed by atoms with Crippen molar-refractivity contribution >= 4 is 10.9 Å². The van der Waals surface area contributed by atoms with Gasteiger partial charge in [0.2, 0.25) is 0 Å². The predicted molar refractivity (Wildman–Crippen MR) is 64.4 cm³/mol. The molecular formula is C13H15FN2O. The minimum Gasteiger partial charge on any atom is -0.394 e. The van der Waals surface area contributed by atoms with Crippen LogP contribution in [0.2, 0.25) is 0 Å². The van der Waals surface area contributed by atoms with Crippen LogP contribution in [0.4, 0.5) is 4.39 Å². The number of aliphatic hydroxyl groups excluding tert-OH is 1. The van der Waals surface area contributed by atoms with E-state index in [0.29, 0.717) is 5.52 Å². The van der Waals surface area contributed by atoms with Gasteiger partial charge in [-0.25, -0.2) is 4.39 Å². The second-order valence-corrected chi connectivity index (χ2v) is 4.50. The lowest BCUT2D eigenvalue weighted by Crippen LogP contribution is -2.33. The molecule has 0 amide bonds. The third-order valence-corrected chi connectivity index (χ3v) is 3.60. The Balaban J connectivity index is 2.37. The summed E-state index contributed by atoms with van der Waals surface area (Å²) in [5, 5.41) is 13.6. The highest BCUT2D eigenvalue weighted by atomic mass is 19.1. The van der Waals surface area contributed by atoms with E-state index >= 15 is 0 Å². The molecule has 4 heteroatoms. The van der Waals surface area contributed by atoms with Crippen molar-refractivity contribution in [2.75, 3.05) is 13.2 Å². The van der Waals surface area contributed by atoms with Crippen molar-refractivity contribution in [1.29, 1.82) is 0 Å². The number of rotatable bonds is 1. The molecule has 2 N–H and O–H groups in total. The van der Waals surface area contributed by atoms with Crippen LogP contribution in [-0.4, -0.2) is 22.8 Å². The Hall–Kier alpha value is -1.39. The number of nitrogens with zero attached hydrogens (tertiary/aromatic N) is 1. The highest BCUT2D eigenvalue weighted by Gasteiger charge is 2.26. The molecule has 2 aromatic rings. The smallest absolute Gasteiger partial charge is 0.147 e. The van der Waals surface area contributed by atoms with Crippen LogP contribution in [0, 0.1) is 5.82 Å². The van der Waals surface area contributed by atoms with Crippen molar-refractivity contribution in [1.82, 2.24) is 9.88 Å². The zero-order valence-electron chi connectivity index (χ0n) is 9.70. The Morgan fingerprint density at radius 3 is 3.12 bits per heavy atom. The summed E-state index contributed by atoms with van der Waals surface area (Å²) in [4.78, 5) is 0. The van der Waals surface area contributed by atoms with E-state index in [1.165, 1.54) is 11.6 Å². The summed E-state index contributed by atoms with van der Waals surface area (Å²) < 4.78 is 15.7. The predicted octanol–water partition coefficient (Wildman–Crippen LogP) is 1.50. The molecule has 90 valence electrons. The Morgan fingerprint density at radius 1 is 1.53 bits per heavy atom. The van der Waals surface area contributed by atoms with Crippen LogP contribution in [-0.2, 0) is 13.5 Å². The molecule has 0 saturated carbocycles. The first-order chi connectivity index (χ1) is 8.24. The molecule has 0 saturated heterocycles. The first-order valence-electron chi connectivity index (χ1n) is 5.84. The Bertz CT molecular complexity index is 576. The van der Waals surface area contributed by atoms with Gasteiger partial charge in [-0.2, -0.15) is 0 Å². The van der Waals surface area contributed by atoms with Crippen LogP contribution in [0.15, 0.2) is 18.2 Å². The lowest BCUT2D eigenvalue weighted by molar-refractivity contribution is 0.235. The molecule has 1 unspecified atom stereocenters. The van der Waals surface area contributed by atoms with Crippen molar-refractivity contribution in [3.05, 3.63) is 35.3 Å². The number of nitrogens with one attached hydrogen (secondary N) is 1. The monoisotopic (exact) mass is 234 g/mol. The molecule has 17 heavy (non-hydrogen) atoms. The molecule has 1 aromatic heterocycles. The lowest BCUT2D eigenvalue weighted by Gasteiger charge is -2.24. The second kappa shape index (κ2) is 3.82. The molecule has 2 heterocycles. The molecule has 1 aromatic carbocycles. The average molecular weight is 234 g/mol. The van der Waals surface area contributed by atoms with Gasteiger partial charge in [0.25, 0.3) is 0 Å². The Morgan fingerprint density at radius 2 is 2.35 bits per heavy atom. The van der Waals surface area contributed by atoms with Gasteiger partial charge < -0.3 is 15.0 Å². The van der Waals surface area contributed by atoms with E-state index in [1.54, 1.807) is 6.07 Å². The molecular weight excluding hydrogens is 219 g/mol. The Kier molecular flexibility index (Phi) is 2.42. The van der Waals surface area contributed by atoms with Crippen molar-refractivity contribution in [3.8, 4) is 0 Å². The number of aryl methyl sites for hydroxylation is 1. The SMILES string of the molecule is Cn1c2c(c3cccc(F)c31)CCNC2CO. The minimum absolute atomic E-state index is 0.0405. The molecule has 0 aliphatic carbocycles. The zero-order valence-corrected chi connectivity index (χ0v) is 9.70. The average Bonchev–Trinajstić information content (AvgIpc) is 2.65. The van der Waals surface area contributed by atoms with Crippen LogP contribution in [0.5, 0.6) is 0 Å². The van der Waals surface area contributed by atoms with E-state index < -0.39 is 0 Å². The number of fused-ring (bicyclic) bond motifs is 3. The summed E-state index contributed by atoms with van der Waals surface area (Å²) in [5.41, 5.74) is 2.82. The van der Waals surface area contributed by atoms with E-state index in [2.05, 4.69) is 5.32 Å². The highest BCUT2D eigenvalue weighted by Crippen LogP contribution is 2.33. The van der Waals surface area contributed by atoms with Gasteiger partial charge in [0.05, 0.1) is 18.2 Å². The number of halogens is 1. The van der Waals surface area contributed by atoms with Crippen molar-refractivity contribution in [2.45, 2.75) is 12.5 Å². The highest BCUT2D eigenvalue weighted by molar-refractivity contribution is 5.86. The van der Waals surface area contributed by atoms with Gasteiger partial charge >= 0.3 is 0 Å². The number of para-hydroxylation sites is 1. The topological polar surface area (TPSA) is 37.2 Å². The summed E-state index contributed by atoms with van der Waals surface area (Å²) >= 11 is 0.